The van der Waals surface area contributed by atoms with Crippen LogP contribution < -0.4 is 15.6 Å². The topological polar surface area (TPSA) is 50.4 Å². The highest BCUT2D eigenvalue weighted by molar-refractivity contribution is 5.93. The molecule has 1 aromatic carbocycles. The molecule has 0 aromatic heterocycles. The van der Waals surface area contributed by atoms with E-state index in [-0.39, 0.29) is 12.0 Å². The van der Waals surface area contributed by atoms with Crippen molar-refractivity contribution in [3.8, 4) is 5.75 Å². The van der Waals surface area contributed by atoms with Crippen molar-refractivity contribution in [2.45, 2.75) is 20.0 Å². The van der Waals surface area contributed by atoms with Gasteiger partial charge in [-0.25, -0.2) is 5.43 Å². The van der Waals surface area contributed by atoms with Crippen LogP contribution in [0, 0.1) is 0 Å². The molecule has 15 heavy (non-hydrogen) atoms. The van der Waals surface area contributed by atoms with Crippen LogP contribution in [0.2, 0.25) is 0 Å². The van der Waals surface area contributed by atoms with Crippen LogP contribution in [0.1, 0.15) is 24.2 Å². The van der Waals surface area contributed by atoms with Crippen molar-refractivity contribution >= 4 is 5.91 Å². The highest BCUT2D eigenvalue weighted by Gasteiger charge is 2.04. The lowest BCUT2D eigenvalue weighted by atomic mass is 10.2. The maximum atomic E-state index is 11.4. The lowest BCUT2D eigenvalue weighted by Gasteiger charge is -2.09. The van der Waals surface area contributed by atoms with Crippen LogP contribution in [0.5, 0.6) is 5.75 Å². The summed E-state index contributed by atoms with van der Waals surface area (Å²) >= 11 is 0. The first-order valence-corrected chi connectivity index (χ1v) is 4.87. The molecule has 0 atom stereocenters. The quantitative estimate of drug-likeness (QED) is 0.734. The van der Waals surface area contributed by atoms with E-state index in [2.05, 4.69) is 10.9 Å². The van der Waals surface area contributed by atoms with Gasteiger partial charge in [0.2, 0.25) is 0 Å². The second kappa shape index (κ2) is 5.36. The SMILES string of the molecule is CNNC(=O)c1ccc(OC(C)C)cc1. The second-order valence-corrected chi connectivity index (χ2v) is 3.40. The Morgan fingerprint density at radius 3 is 2.33 bits per heavy atom. The van der Waals surface area contributed by atoms with E-state index in [0.29, 0.717) is 5.56 Å². The molecular formula is C11H16N2O2. The van der Waals surface area contributed by atoms with Gasteiger partial charge in [-0.05, 0) is 38.1 Å². The predicted molar refractivity (Wildman–Crippen MR) is 58.7 cm³/mol. The molecule has 0 heterocycles. The zero-order chi connectivity index (χ0) is 11.3. The molecule has 0 spiro atoms. The standard InChI is InChI=1S/C11H16N2O2/c1-8(2)15-10-6-4-9(5-7-10)11(14)13-12-3/h4-8,12H,1-3H3,(H,13,14). The van der Waals surface area contributed by atoms with Crippen molar-refractivity contribution in [2.75, 3.05) is 7.05 Å². The van der Waals surface area contributed by atoms with E-state index < -0.39 is 0 Å². The normalized spacial score (nSPS) is 10.1. The van der Waals surface area contributed by atoms with Crippen molar-refractivity contribution in [1.29, 1.82) is 0 Å². The van der Waals surface area contributed by atoms with Gasteiger partial charge in [-0.15, -0.1) is 0 Å². The van der Waals surface area contributed by atoms with E-state index in [9.17, 15) is 4.79 Å². The number of rotatable bonds is 4. The van der Waals surface area contributed by atoms with E-state index in [1.165, 1.54) is 0 Å². The number of nitrogens with one attached hydrogen (secondary N) is 2. The first-order valence-electron chi connectivity index (χ1n) is 4.87. The highest BCUT2D eigenvalue weighted by atomic mass is 16.5. The van der Waals surface area contributed by atoms with Crippen LogP contribution in [0.4, 0.5) is 0 Å². The molecule has 0 bridgehead atoms. The number of carbonyl (C=O) groups excluding carboxylic acids is 1. The molecule has 82 valence electrons. The fourth-order valence-corrected chi connectivity index (χ4v) is 1.14. The maximum absolute atomic E-state index is 11.4. The van der Waals surface area contributed by atoms with E-state index >= 15 is 0 Å². The molecular weight excluding hydrogens is 192 g/mol. The third kappa shape index (κ3) is 3.59. The van der Waals surface area contributed by atoms with Gasteiger partial charge in [-0.1, -0.05) is 0 Å². The Kier molecular flexibility index (Phi) is 4.12. The molecule has 4 heteroatoms. The zero-order valence-electron chi connectivity index (χ0n) is 9.20. The monoisotopic (exact) mass is 208 g/mol. The van der Waals surface area contributed by atoms with Gasteiger partial charge in [0.05, 0.1) is 6.10 Å². The number of hydrogen-bond donors (Lipinski definition) is 2. The van der Waals surface area contributed by atoms with Crippen molar-refractivity contribution in [1.82, 2.24) is 10.9 Å². The Labute approximate surface area is 89.6 Å². The van der Waals surface area contributed by atoms with E-state index in [1.807, 2.05) is 13.8 Å². The van der Waals surface area contributed by atoms with E-state index in [1.54, 1.807) is 31.3 Å². The minimum absolute atomic E-state index is 0.141. The Hall–Kier alpha value is -1.55. The molecule has 0 aliphatic rings. The molecule has 2 N–H and O–H groups in total. The molecule has 0 fully saturated rings. The largest absolute Gasteiger partial charge is 0.491 e. The molecule has 1 rings (SSSR count). The number of hydrazine groups is 1. The molecule has 0 unspecified atom stereocenters. The maximum Gasteiger partial charge on any atom is 0.265 e. The van der Waals surface area contributed by atoms with Crippen LogP contribution >= 0.6 is 0 Å². The van der Waals surface area contributed by atoms with Gasteiger partial charge >= 0.3 is 0 Å². The summed E-state index contributed by atoms with van der Waals surface area (Å²) in [5, 5.41) is 0. The molecule has 0 saturated carbocycles. The third-order valence-electron chi connectivity index (χ3n) is 1.73. The summed E-state index contributed by atoms with van der Waals surface area (Å²) < 4.78 is 5.46. The molecule has 0 aliphatic heterocycles. The minimum atomic E-state index is -0.159. The number of carbonyl (C=O) groups is 1. The van der Waals surface area contributed by atoms with E-state index in [4.69, 9.17) is 4.74 Å². The summed E-state index contributed by atoms with van der Waals surface area (Å²) in [6, 6.07) is 7.02. The lowest BCUT2D eigenvalue weighted by molar-refractivity contribution is 0.0938. The number of ether oxygens (including phenoxy) is 1. The third-order valence-corrected chi connectivity index (χ3v) is 1.73. The number of amides is 1. The molecule has 0 radical (unpaired) electrons. The first kappa shape index (κ1) is 11.5. The van der Waals surface area contributed by atoms with Crippen LogP contribution in [0.25, 0.3) is 0 Å². The number of benzene rings is 1. The van der Waals surface area contributed by atoms with Crippen LogP contribution in [0.15, 0.2) is 24.3 Å². The Morgan fingerprint density at radius 1 is 1.27 bits per heavy atom. The van der Waals surface area contributed by atoms with Gasteiger partial charge < -0.3 is 4.74 Å². The molecule has 0 aliphatic carbocycles. The van der Waals surface area contributed by atoms with Crippen molar-refractivity contribution in [3.05, 3.63) is 29.8 Å². The fourth-order valence-electron chi connectivity index (χ4n) is 1.14. The summed E-state index contributed by atoms with van der Waals surface area (Å²) in [5.74, 6) is 0.611. The average Bonchev–Trinajstić information content (AvgIpc) is 2.18. The van der Waals surface area contributed by atoms with Crippen molar-refractivity contribution in [3.63, 3.8) is 0 Å². The predicted octanol–water partition coefficient (Wildman–Crippen LogP) is 1.34. The molecule has 4 nitrogen and oxygen atoms in total. The smallest absolute Gasteiger partial charge is 0.265 e. The summed E-state index contributed by atoms with van der Waals surface area (Å²) in [4.78, 5) is 11.4. The van der Waals surface area contributed by atoms with Gasteiger partial charge in [0, 0.05) is 12.6 Å². The van der Waals surface area contributed by atoms with Crippen molar-refractivity contribution in [2.24, 2.45) is 0 Å². The van der Waals surface area contributed by atoms with E-state index in [0.717, 1.165) is 5.75 Å². The number of hydrogen-bond acceptors (Lipinski definition) is 3. The Morgan fingerprint density at radius 2 is 1.87 bits per heavy atom. The Bertz CT molecular complexity index is 320. The minimum Gasteiger partial charge on any atom is -0.491 e. The van der Waals surface area contributed by atoms with Gasteiger partial charge in [-0.3, -0.25) is 10.2 Å². The van der Waals surface area contributed by atoms with Crippen LogP contribution in [-0.4, -0.2) is 19.1 Å². The summed E-state index contributed by atoms with van der Waals surface area (Å²) in [6.07, 6.45) is 0.141. The average molecular weight is 208 g/mol. The fraction of sp³-hybridized carbons (Fsp3) is 0.364. The van der Waals surface area contributed by atoms with Crippen LogP contribution in [0.3, 0.4) is 0 Å². The summed E-state index contributed by atoms with van der Waals surface area (Å²) in [7, 11) is 1.65. The Balaban J connectivity index is 2.67. The van der Waals surface area contributed by atoms with Gasteiger partial charge in [0.1, 0.15) is 5.75 Å². The van der Waals surface area contributed by atoms with Gasteiger partial charge in [-0.2, -0.15) is 0 Å². The van der Waals surface area contributed by atoms with Crippen LogP contribution in [-0.2, 0) is 0 Å². The second-order valence-electron chi connectivity index (χ2n) is 3.40. The lowest BCUT2D eigenvalue weighted by Crippen LogP contribution is -2.34. The van der Waals surface area contributed by atoms with Gasteiger partial charge in [0.25, 0.3) is 5.91 Å². The summed E-state index contributed by atoms with van der Waals surface area (Å²) in [6.45, 7) is 3.92. The highest BCUT2D eigenvalue weighted by Crippen LogP contribution is 2.13. The molecule has 1 aromatic rings. The van der Waals surface area contributed by atoms with Gasteiger partial charge in [0.15, 0.2) is 0 Å². The summed E-state index contributed by atoms with van der Waals surface area (Å²) in [5.41, 5.74) is 5.67. The zero-order valence-corrected chi connectivity index (χ0v) is 9.20. The molecule has 1 amide bonds. The first-order chi connectivity index (χ1) is 7.13. The van der Waals surface area contributed by atoms with Crippen molar-refractivity contribution < 1.29 is 9.53 Å². The molecule has 0 saturated heterocycles.